The zero-order chi connectivity index (χ0) is 13.6. The quantitative estimate of drug-likeness (QED) is 0.915. The van der Waals surface area contributed by atoms with Crippen molar-refractivity contribution in [1.29, 1.82) is 0 Å². The number of benzene rings is 1. The SMILES string of the molecule is CC(C)Cc1nc2ccc(C3(CO)CC3)cc2n1C. The summed E-state index contributed by atoms with van der Waals surface area (Å²) in [6, 6.07) is 6.46. The summed E-state index contributed by atoms with van der Waals surface area (Å²) >= 11 is 0. The Morgan fingerprint density at radius 1 is 1.37 bits per heavy atom. The summed E-state index contributed by atoms with van der Waals surface area (Å²) < 4.78 is 2.20. The first-order chi connectivity index (χ1) is 9.05. The van der Waals surface area contributed by atoms with Crippen LogP contribution in [0.2, 0.25) is 0 Å². The number of aromatic nitrogens is 2. The number of fused-ring (bicyclic) bond motifs is 1. The number of nitrogens with zero attached hydrogens (tertiary/aromatic N) is 2. The number of aliphatic hydroxyl groups excluding tert-OH is 1. The van der Waals surface area contributed by atoms with Gasteiger partial charge >= 0.3 is 0 Å². The molecule has 1 N–H and O–H groups in total. The molecule has 1 aliphatic carbocycles. The van der Waals surface area contributed by atoms with Crippen LogP contribution in [0.15, 0.2) is 18.2 Å². The molecule has 102 valence electrons. The molecular formula is C16H22N2O. The topological polar surface area (TPSA) is 38.1 Å². The minimum absolute atomic E-state index is 0.0384. The first kappa shape index (κ1) is 12.7. The zero-order valence-electron chi connectivity index (χ0n) is 12.0. The maximum Gasteiger partial charge on any atom is 0.109 e. The van der Waals surface area contributed by atoms with Gasteiger partial charge < -0.3 is 9.67 Å². The maximum absolute atomic E-state index is 9.55. The lowest BCUT2D eigenvalue weighted by atomic mass is 9.97. The summed E-state index contributed by atoms with van der Waals surface area (Å²) in [5.74, 6) is 1.76. The van der Waals surface area contributed by atoms with Crippen molar-refractivity contribution >= 4 is 11.0 Å². The van der Waals surface area contributed by atoms with Crippen LogP contribution in [0.25, 0.3) is 11.0 Å². The molecule has 3 rings (SSSR count). The van der Waals surface area contributed by atoms with Gasteiger partial charge in [0.05, 0.1) is 17.6 Å². The van der Waals surface area contributed by atoms with Crippen molar-refractivity contribution in [2.45, 2.75) is 38.5 Å². The monoisotopic (exact) mass is 258 g/mol. The predicted molar refractivity (Wildman–Crippen MR) is 77.3 cm³/mol. The summed E-state index contributed by atoms with van der Waals surface area (Å²) in [6.45, 7) is 4.70. The second-order valence-corrected chi connectivity index (χ2v) is 6.33. The number of aliphatic hydroxyl groups is 1. The number of rotatable bonds is 4. The van der Waals surface area contributed by atoms with Crippen LogP contribution in [-0.4, -0.2) is 21.3 Å². The third kappa shape index (κ3) is 2.06. The normalized spacial score (nSPS) is 17.3. The Morgan fingerprint density at radius 3 is 2.68 bits per heavy atom. The van der Waals surface area contributed by atoms with E-state index in [4.69, 9.17) is 4.98 Å². The van der Waals surface area contributed by atoms with Crippen molar-refractivity contribution in [1.82, 2.24) is 9.55 Å². The van der Waals surface area contributed by atoms with Crippen LogP contribution < -0.4 is 0 Å². The molecule has 0 spiro atoms. The van der Waals surface area contributed by atoms with Crippen molar-refractivity contribution < 1.29 is 5.11 Å². The molecule has 1 heterocycles. The first-order valence-corrected chi connectivity index (χ1v) is 7.12. The average Bonchev–Trinajstić information content (AvgIpc) is 3.12. The van der Waals surface area contributed by atoms with Gasteiger partial charge in [0.15, 0.2) is 0 Å². The maximum atomic E-state index is 9.55. The largest absolute Gasteiger partial charge is 0.395 e. The highest BCUT2D eigenvalue weighted by molar-refractivity contribution is 5.77. The summed E-state index contributed by atoms with van der Waals surface area (Å²) in [4.78, 5) is 4.72. The van der Waals surface area contributed by atoms with Crippen LogP contribution in [0, 0.1) is 5.92 Å². The van der Waals surface area contributed by atoms with Crippen molar-refractivity contribution in [3.05, 3.63) is 29.6 Å². The standard InChI is InChI=1S/C16H22N2O/c1-11(2)8-15-17-13-5-4-12(9-14(13)18(15)3)16(10-19)6-7-16/h4-5,9,11,19H,6-8,10H2,1-3H3. The van der Waals surface area contributed by atoms with E-state index in [0.717, 1.165) is 30.6 Å². The van der Waals surface area contributed by atoms with E-state index in [0.29, 0.717) is 5.92 Å². The van der Waals surface area contributed by atoms with Gasteiger partial charge in [-0.25, -0.2) is 4.98 Å². The third-order valence-electron chi connectivity index (χ3n) is 4.33. The molecule has 0 aliphatic heterocycles. The van der Waals surface area contributed by atoms with E-state index in [-0.39, 0.29) is 12.0 Å². The van der Waals surface area contributed by atoms with E-state index >= 15 is 0 Å². The lowest BCUT2D eigenvalue weighted by molar-refractivity contribution is 0.255. The molecule has 19 heavy (non-hydrogen) atoms. The Balaban J connectivity index is 2.05. The number of imidazole rings is 1. The Kier molecular flexibility index (Phi) is 2.90. The van der Waals surface area contributed by atoms with Gasteiger partial charge in [0.25, 0.3) is 0 Å². The number of hydrogen-bond donors (Lipinski definition) is 1. The first-order valence-electron chi connectivity index (χ1n) is 7.12. The van der Waals surface area contributed by atoms with Crippen LogP contribution in [0.3, 0.4) is 0 Å². The van der Waals surface area contributed by atoms with Crippen molar-refractivity contribution in [3.8, 4) is 0 Å². The van der Waals surface area contributed by atoms with Crippen LogP contribution in [0.1, 0.15) is 38.1 Å². The molecule has 0 radical (unpaired) electrons. The fraction of sp³-hybridized carbons (Fsp3) is 0.562. The van der Waals surface area contributed by atoms with Crippen molar-refractivity contribution in [2.75, 3.05) is 6.61 Å². The van der Waals surface area contributed by atoms with Gasteiger partial charge in [-0.1, -0.05) is 19.9 Å². The van der Waals surface area contributed by atoms with E-state index in [1.54, 1.807) is 0 Å². The molecule has 1 aromatic heterocycles. The summed E-state index contributed by atoms with van der Waals surface area (Å²) in [5.41, 5.74) is 3.56. The smallest absolute Gasteiger partial charge is 0.109 e. The molecule has 0 amide bonds. The highest BCUT2D eigenvalue weighted by Gasteiger charge is 2.43. The average molecular weight is 258 g/mol. The molecule has 0 unspecified atom stereocenters. The second kappa shape index (κ2) is 4.34. The molecule has 1 aliphatic rings. The molecule has 1 saturated carbocycles. The zero-order valence-corrected chi connectivity index (χ0v) is 12.0. The Morgan fingerprint density at radius 2 is 2.11 bits per heavy atom. The van der Waals surface area contributed by atoms with Gasteiger partial charge in [0, 0.05) is 18.9 Å². The summed E-state index contributed by atoms with van der Waals surface area (Å²) in [7, 11) is 2.09. The third-order valence-corrected chi connectivity index (χ3v) is 4.33. The van der Waals surface area contributed by atoms with Gasteiger partial charge in [0.1, 0.15) is 5.82 Å². The highest BCUT2D eigenvalue weighted by Crippen LogP contribution is 2.48. The molecule has 2 aromatic rings. The molecule has 0 atom stereocenters. The van der Waals surface area contributed by atoms with Gasteiger partial charge in [-0.3, -0.25) is 0 Å². The summed E-state index contributed by atoms with van der Waals surface area (Å²) in [5, 5.41) is 9.55. The Hall–Kier alpha value is -1.35. The van der Waals surface area contributed by atoms with E-state index in [1.807, 2.05) is 0 Å². The molecule has 3 heteroatoms. The molecule has 1 fully saturated rings. The lowest BCUT2D eigenvalue weighted by Gasteiger charge is -2.12. The predicted octanol–water partition coefficient (Wildman–Crippen LogP) is 2.80. The number of hydrogen-bond acceptors (Lipinski definition) is 2. The second-order valence-electron chi connectivity index (χ2n) is 6.33. The van der Waals surface area contributed by atoms with Crippen molar-refractivity contribution in [2.24, 2.45) is 13.0 Å². The van der Waals surface area contributed by atoms with Crippen LogP contribution >= 0.6 is 0 Å². The van der Waals surface area contributed by atoms with Gasteiger partial charge in [-0.2, -0.15) is 0 Å². The van der Waals surface area contributed by atoms with E-state index in [9.17, 15) is 5.11 Å². The van der Waals surface area contributed by atoms with Crippen LogP contribution in [0.5, 0.6) is 0 Å². The fourth-order valence-electron chi connectivity index (χ4n) is 2.81. The minimum atomic E-state index is 0.0384. The Labute approximate surface area is 114 Å². The van der Waals surface area contributed by atoms with E-state index in [2.05, 4.69) is 43.7 Å². The van der Waals surface area contributed by atoms with Gasteiger partial charge in [-0.05, 0) is 36.5 Å². The van der Waals surface area contributed by atoms with E-state index in [1.165, 1.54) is 11.1 Å². The summed E-state index contributed by atoms with van der Waals surface area (Å²) in [6.07, 6.45) is 3.21. The highest BCUT2D eigenvalue weighted by atomic mass is 16.3. The molecule has 1 aromatic carbocycles. The fourth-order valence-corrected chi connectivity index (χ4v) is 2.81. The number of aryl methyl sites for hydroxylation is 1. The molecule has 3 nitrogen and oxygen atoms in total. The molecule has 0 bridgehead atoms. The van der Waals surface area contributed by atoms with Gasteiger partial charge in [-0.15, -0.1) is 0 Å². The van der Waals surface area contributed by atoms with E-state index < -0.39 is 0 Å². The lowest BCUT2D eigenvalue weighted by Crippen LogP contribution is -2.11. The van der Waals surface area contributed by atoms with Crippen LogP contribution in [0.4, 0.5) is 0 Å². The Bertz CT molecular complexity index is 608. The minimum Gasteiger partial charge on any atom is -0.395 e. The van der Waals surface area contributed by atoms with Crippen molar-refractivity contribution in [3.63, 3.8) is 0 Å². The van der Waals surface area contributed by atoms with Gasteiger partial charge in [0.2, 0.25) is 0 Å². The van der Waals surface area contributed by atoms with Crippen LogP contribution in [-0.2, 0) is 18.9 Å². The molecular weight excluding hydrogens is 236 g/mol. The molecule has 0 saturated heterocycles.